The molecule has 120 valence electrons. The minimum Gasteiger partial charge on any atom is -0.479 e. The third-order valence-corrected chi connectivity index (χ3v) is 3.61. The van der Waals surface area contributed by atoms with Crippen molar-refractivity contribution in [1.29, 1.82) is 0 Å². The van der Waals surface area contributed by atoms with Gasteiger partial charge in [0.1, 0.15) is 6.04 Å². The average Bonchev–Trinajstić information content (AvgIpc) is 2.47. The number of hydrogen-bond acceptors (Lipinski definition) is 4. The van der Waals surface area contributed by atoms with E-state index in [0.717, 1.165) is 19.3 Å². The summed E-state index contributed by atoms with van der Waals surface area (Å²) in [6, 6.07) is -0.496. The number of hydrogen-bond donors (Lipinski definition) is 2. The van der Waals surface area contributed by atoms with E-state index in [0.29, 0.717) is 19.4 Å². The molecule has 1 rings (SSSR count). The molecule has 21 heavy (non-hydrogen) atoms. The van der Waals surface area contributed by atoms with Gasteiger partial charge in [0.25, 0.3) is 0 Å². The van der Waals surface area contributed by atoms with Gasteiger partial charge in [0, 0.05) is 20.1 Å². The van der Waals surface area contributed by atoms with Crippen molar-refractivity contribution in [1.82, 2.24) is 10.2 Å². The van der Waals surface area contributed by atoms with Crippen LogP contribution in [0.2, 0.25) is 0 Å². The lowest BCUT2D eigenvalue weighted by Crippen LogP contribution is -2.53. The third kappa shape index (κ3) is 5.00. The second-order valence-corrected chi connectivity index (χ2v) is 5.16. The van der Waals surface area contributed by atoms with Crippen LogP contribution in [0, 0.1) is 0 Å². The lowest BCUT2D eigenvalue weighted by Gasteiger charge is -2.35. The van der Waals surface area contributed by atoms with Crippen molar-refractivity contribution in [3.8, 4) is 0 Å². The predicted molar refractivity (Wildman–Crippen MR) is 75.7 cm³/mol. The summed E-state index contributed by atoms with van der Waals surface area (Å²) >= 11 is 0. The molecular weight excluding hydrogens is 276 g/mol. The fraction of sp³-hybridized carbons (Fsp3) is 0.786. The molecule has 0 bridgehead atoms. The van der Waals surface area contributed by atoms with Gasteiger partial charge in [-0.25, -0.2) is 4.79 Å². The lowest BCUT2D eigenvalue weighted by molar-refractivity contribution is -0.149. The summed E-state index contributed by atoms with van der Waals surface area (Å²) in [6.45, 7) is 2.41. The zero-order valence-corrected chi connectivity index (χ0v) is 12.6. The van der Waals surface area contributed by atoms with E-state index in [1.807, 2.05) is 6.92 Å². The molecule has 2 N–H and O–H groups in total. The van der Waals surface area contributed by atoms with Gasteiger partial charge in [-0.2, -0.15) is 0 Å². The van der Waals surface area contributed by atoms with E-state index >= 15 is 0 Å². The Balaban J connectivity index is 2.60. The van der Waals surface area contributed by atoms with E-state index in [-0.39, 0.29) is 18.4 Å². The van der Waals surface area contributed by atoms with Crippen molar-refractivity contribution in [3.05, 3.63) is 0 Å². The fourth-order valence-corrected chi connectivity index (χ4v) is 2.44. The Morgan fingerprint density at radius 2 is 2.10 bits per heavy atom. The zero-order valence-electron chi connectivity index (χ0n) is 12.6. The molecule has 0 radical (unpaired) electrons. The summed E-state index contributed by atoms with van der Waals surface area (Å²) in [6.07, 6.45) is 2.51. The van der Waals surface area contributed by atoms with Crippen LogP contribution in [0.3, 0.4) is 0 Å². The van der Waals surface area contributed by atoms with E-state index in [9.17, 15) is 14.4 Å². The molecule has 0 aromatic rings. The van der Waals surface area contributed by atoms with Crippen LogP contribution in [0.5, 0.6) is 0 Å². The van der Waals surface area contributed by atoms with E-state index in [2.05, 4.69) is 5.32 Å². The van der Waals surface area contributed by atoms with E-state index in [1.165, 1.54) is 7.11 Å². The first-order valence-corrected chi connectivity index (χ1v) is 7.34. The Kier molecular flexibility index (Phi) is 7.14. The summed E-state index contributed by atoms with van der Waals surface area (Å²) in [5.74, 6) is -1.44. The summed E-state index contributed by atoms with van der Waals surface area (Å²) in [5, 5.41) is 11.4. The SMILES string of the molecule is CCCC(=O)N1CCCCC1C(=O)NCC(OC)C(=O)O. The predicted octanol–water partition coefficient (Wildman–Crippen LogP) is 0.383. The lowest BCUT2D eigenvalue weighted by atomic mass is 10.0. The van der Waals surface area contributed by atoms with E-state index in [4.69, 9.17) is 9.84 Å². The molecule has 0 aromatic carbocycles. The van der Waals surface area contributed by atoms with Gasteiger partial charge in [0.15, 0.2) is 6.10 Å². The molecule has 1 aliphatic rings. The number of nitrogens with one attached hydrogen (secondary N) is 1. The maximum Gasteiger partial charge on any atom is 0.334 e. The van der Waals surface area contributed by atoms with Crippen molar-refractivity contribution in [2.75, 3.05) is 20.2 Å². The van der Waals surface area contributed by atoms with Crippen LogP contribution in [0.1, 0.15) is 39.0 Å². The number of carbonyl (C=O) groups excluding carboxylic acids is 2. The van der Waals surface area contributed by atoms with E-state index in [1.54, 1.807) is 4.90 Å². The molecule has 1 saturated heterocycles. The molecule has 0 spiro atoms. The number of ether oxygens (including phenoxy) is 1. The Bertz CT molecular complexity index is 386. The topological polar surface area (TPSA) is 95.9 Å². The minimum absolute atomic E-state index is 0.0149. The van der Waals surface area contributed by atoms with Crippen molar-refractivity contribution in [2.24, 2.45) is 0 Å². The zero-order chi connectivity index (χ0) is 15.8. The molecular formula is C14H24N2O5. The standard InChI is InChI=1S/C14H24N2O5/c1-3-6-12(17)16-8-5-4-7-10(16)13(18)15-9-11(21-2)14(19)20/h10-11H,3-9H2,1-2H3,(H,15,18)(H,19,20). The number of likely N-dealkylation sites (tertiary alicyclic amines) is 1. The number of methoxy groups -OCH3 is 1. The molecule has 7 heteroatoms. The summed E-state index contributed by atoms with van der Waals surface area (Å²) < 4.78 is 4.77. The molecule has 0 aliphatic carbocycles. The number of rotatable bonds is 7. The first-order chi connectivity index (χ1) is 10.0. The van der Waals surface area contributed by atoms with Gasteiger partial charge in [0.2, 0.25) is 11.8 Å². The first-order valence-electron chi connectivity index (χ1n) is 7.34. The highest BCUT2D eigenvalue weighted by Crippen LogP contribution is 2.18. The normalized spacial score (nSPS) is 19.9. The van der Waals surface area contributed by atoms with Crippen LogP contribution in [0.25, 0.3) is 0 Å². The maximum absolute atomic E-state index is 12.2. The fourth-order valence-electron chi connectivity index (χ4n) is 2.44. The van der Waals surface area contributed by atoms with Gasteiger partial charge in [-0.05, 0) is 25.7 Å². The molecule has 2 amide bonds. The summed E-state index contributed by atoms with van der Waals surface area (Å²) in [7, 11) is 1.28. The van der Waals surface area contributed by atoms with Gasteiger partial charge in [0.05, 0.1) is 6.54 Å². The van der Waals surface area contributed by atoms with Gasteiger partial charge in [-0.15, -0.1) is 0 Å². The van der Waals surface area contributed by atoms with Crippen LogP contribution in [0.15, 0.2) is 0 Å². The average molecular weight is 300 g/mol. The number of carboxylic acids is 1. The van der Waals surface area contributed by atoms with Crippen LogP contribution >= 0.6 is 0 Å². The van der Waals surface area contributed by atoms with Crippen molar-refractivity contribution < 1.29 is 24.2 Å². The number of aliphatic carboxylic acids is 1. The Morgan fingerprint density at radius 3 is 2.67 bits per heavy atom. The van der Waals surface area contributed by atoms with E-state index < -0.39 is 18.1 Å². The van der Waals surface area contributed by atoms with Crippen molar-refractivity contribution in [3.63, 3.8) is 0 Å². The smallest absolute Gasteiger partial charge is 0.334 e. The minimum atomic E-state index is -1.12. The van der Waals surface area contributed by atoms with Crippen LogP contribution in [0.4, 0.5) is 0 Å². The largest absolute Gasteiger partial charge is 0.479 e. The number of carboxylic acid groups (broad SMARTS) is 1. The summed E-state index contributed by atoms with van der Waals surface area (Å²) in [5.41, 5.74) is 0. The van der Waals surface area contributed by atoms with Crippen LogP contribution in [-0.2, 0) is 19.1 Å². The molecule has 1 fully saturated rings. The monoisotopic (exact) mass is 300 g/mol. The second kappa shape index (κ2) is 8.61. The van der Waals surface area contributed by atoms with Crippen molar-refractivity contribution in [2.45, 2.75) is 51.2 Å². The molecule has 2 unspecified atom stereocenters. The van der Waals surface area contributed by atoms with Gasteiger partial charge >= 0.3 is 5.97 Å². The molecule has 7 nitrogen and oxygen atoms in total. The molecule has 2 atom stereocenters. The molecule has 0 aromatic heterocycles. The Labute approximate surface area is 124 Å². The maximum atomic E-state index is 12.2. The van der Waals surface area contributed by atoms with Crippen LogP contribution < -0.4 is 5.32 Å². The highest BCUT2D eigenvalue weighted by atomic mass is 16.5. The summed E-state index contributed by atoms with van der Waals surface area (Å²) in [4.78, 5) is 36.7. The number of piperidine rings is 1. The first kappa shape index (κ1) is 17.4. The highest BCUT2D eigenvalue weighted by molar-refractivity contribution is 5.88. The third-order valence-electron chi connectivity index (χ3n) is 3.61. The molecule has 0 saturated carbocycles. The quantitative estimate of drug-likeness (QED) is 0.709. The molecule has 1 aliphatic heterocycles. The molecule has 1 heterocycles. The highest BCUT2D eigenvalue weighted by Gasteiger charge is 2.32. The second-order valence-electron chi connectivity index (χ2n) is 5.16. The number of nitrogens with zero attached hydrogens (tertiary/aromatic N) is 1. The van der Waals surface area contributed by atoms with Gasteiger partial charge in [-0.1, -0.05) is 6.92 Å². The van der Waals surface area contributed by atoms with Crippen molar-refractivity contribution >= 4 is 17.8 Å². The Hall–Kier alpha value is -1.63. The van der Waals surface area contributed by atoms with Crippen LogP contribution in [-0.4, -0.2) is 60.1 Å². The number of amides is 2. The Morgan fingerprint density at radius 1 is 1.38 bits per heavy atom. The number of carbonyl (C=O) groups is 3. The van der Waals surface area contributed by atoms with Gasteiger partial charge in [-0.3, -0.25) is 9.59 Å². The van der Waals surface area contributed by atoms with Gasteiger partial charge < -0.3 is 20.1 Å².